The number of carbonyl (C=O) groups is 2. The van der Waals surface area contributed by atoms with Gasteiger partial charge in [0.15, 0.2) is 5.78 Å². The second kappa shape index (κ2) is 6.79. The van der Waals surface area contributed by atoms with E-state index in [1.807, 2.05) is 0 Å². The second-order valence-corrected chi connectivity index (χ2v) is 5.94. The molecule has 23 heavy (non-hydrogen) atoms. The molecule has 5 nitrogen and oxygen atoms in total. The molecule has 0 spiro atoms. The van der Waals surface area contributed by atoms with Gasteiger partial charge in [-0.1, -0.05) is 12.1 Å². The van der Waals surface area contributed by atoms with Crippen LogP contribution in [-0.4, -0.2) is 34.4 Å². The quantitative estimate of drug-likeness (QED) is 0.685. The summed E-state index contributed by atoms with van der Waals surface area (Å²) in [4.78, 5) is 27.3. The third-order valence-electron chi connectivity index (χ3n) is 4.22. The minimum atomic E-state index is -0.156. The zero-order valence-corrected chi connectivity index (χ0v) is 12.8. The van der Waals surface area contributed by atoms with Gasteiger partial charge in [-0.2, -0.15) is 0 Å². The average molecular weight is 312 g/mol. The first kappa shape index (κ1) is 15.5. The van der Waals surface area contributed by atoms with Crippen molar-refractivity contribution in [2.75, 3.05) is 6.61 Å². The molecule has 0 saturated heterocycles. The summed E-state index contributed by atoms with van der Waals surface area (Å²) in [5.74, 6) is 0.255. The molecule has 5 heteroatoms. The van der Waals surface area contributed by atoms with Crippen LogP contribution in [0.15, 0.2) is 42.7 Å². The van der Waals surface area contributed by atoms with Gasteiger partial charge in [0.05, 0.1) is 0 Å². The molecule has 1 aromatic heterocycles. The number of aromatic nitrogens is 1. The molecule has 0 radical (unpaired) electrons. The number of aromatic amines is 1. The number of benzene rings is 1. The fourth-order valence-electron chi connectivity index (χ4n) is 2.72. The third-order valence-corrected chi connectivity index (χ3v) is 4.22. The Hall–Kier alpha value is -2.40. The number of aliphatic hydroxyl groups is 1. The number of ketones is 1. The summed E-state index contributed by atoms with van der Waals surface area (Å²) in [5, 5.41) is 12.1. The largest absolute Gasteiger partial charge is 0.396 e. The van der Waals surface area contributed by atoms with E-state index in [0.717, 1.165) is 12.8 Å². The van der Waals surface area contributed by atoms with Gasteiger partial charge >= 0.3 is 0 Å². The molecule has 1 heterocycles. The molecule has 120 valence electrons. The van der Waals surface area contributed by atoms with Gasteiger partial charge in [0.2, 0.25) is 0 Å². The van der Waals surface area contributed by atoms with Crippen LogP contribution in [-0.2, 0) is 0 Å². The van der Waals surface area contributed by atoms with Crippen molar-refractivity contribution in [2.45, 2.75) is 25.3 Å². The van der Waals surface area contributed by atoms with E-state index >= 15 is 0 Å². The first-order chi connectivity index (χ1) is 11.2. The standard InChI is InChI=1S/C18H20N2O3/c21-10-8-16(12-1-2-12)20-18(23)14-5-3-13(4-6-14)17(22)15-7-9-19-11-15/h3-7,9,11-12,16,19,21H,1-2,8,10H2,(H,20,23). The molecule has 1 unspecified atom stereocenters. The maximum absolute atomic E-state index is 12.3. The molecular weight excluding hydrogens is 292 g/mol. The van der Waals surface area contributed by atoms with Crippen LogP contribution in [0.3, 0.4) is 0 Å². The molecule has 3 rings (SSSR count). The molecule has 0 aliphatic heterocycles. The number of hydrogen-bond acceptors (Lipinski definition) is 3. The van der Waals surface area contributed by atoms with E-state index in [-0.39, 0.29) is 24.3 Å². The van der Waals surface area contributed by atoms with Gasteiger partial charge in [-0.3, -0.25) is 9.59 Å². The number of H-pyrrole nitrogens is 1. The van der Waals surface area contributed by atoms with Crippen LogP contribution < -0.4 is 5.32 Å². The highest BCUT2D eigenvalue weighted by Gasteiger charge is 2.31. The lowest BCUT2D eigenvalue weighted by Crippen LogP contribution is -2.37. The highest BCUT2D eigenvalue weighted by Crippen LogP contribution is 2.34. The van der Waals surface area contributed by atoms with Gasteiger partial charge in [-0.15, -0.1) is 0 Å². The Morgan fingerprint density at radius 3 is 2.39 bits per heavy atom. The predicted octanol–water partition coefficient (Wildman–Crippen LogP) is 2.14. The van der Waals surface area contributed by atoms with E-state index in [0.29, 0.717) is 29.0 Å². The van der Waals surface area contributed by atoms with Gasteiger partial charge < -0.3 is 15.4 Å². The highest BCUT2D eigenvalue weighted by atomic mass is 16.3. The SMILES string of the molecule is O=C(NC(CCO)C1CC1)c1ccc(C(=O)c2cc[nH]c2)cc1. The number of amides is 1. The minimum absolute atomic E-state index is 0.0358. The Morgan fingerprint density at radius 2 is 1.83 bits per heavy atom. The van der Waals surface area contributed by atoms with Crippen molar-refractivity contribution in [1.29, 1.82) is 0 Å². The topological polar surface area (TPSA) is 82.2 Å². The van der Waals surface area contributed by atoms with E-state index in [2.05, 4.69) is 10.3 Å². The minimum Gasteiger partial charge on any atom is -0.396 e. The van der Waals surface area contributed by atoms with E-state index in [9.17, 15) is 9.59 Å². The van der Waals surface area contributed by atoms with Gasteiger partial charge in [0, 0.05) is 41.7 Å². The van der Waals surface area contributed by atoms with Crippen molar-refractivity contribution < 1.29 is 14.7 Å². The molecule has 1 fully saturated rings. The Morgan fingerprint density at radius 1 is 1.13 bits per heavy atom. The molecular formula is C18H20N2O3. The van der Waals surface area contributed by atoms with Gasteiger partial charge in [0.25, 0.3) is 5.91 Å². The lowest BCUT2D eigenvalue weighted by Gasteiger charge is -2.17. The van der Waals surface area contributed by atoms with Crippen molar-refractivity contribution >= 4 is 11.7 Å². The molecule has 1 aromatic carbocycles. The van der Waals surface area contributed by atoms with Gasteiger partial charge in [-0.05, 0) is 43.4 Å². The zero-order valence-electron chi connectivity index (χ0n) is 12.8. The summed E-state index contributed by atoms with van der Waals surface area (Å²) >= 11 is 0. The van der Waals surface area contributed by atoms with Crippen LogP contribution in [0.25, 0.3) is 0 Å². The fourth-order valence-corrected chi connectivity index (χ4v) is 2.72. The molecule has 1 aliphatic rings. The maximum atomic E-state index is 12.3. The summed E-state index contributed by atoms with van der Waals surface area (Å²) in [6.45, 7) is 0.0750. The Balaban J connectivity index is 1.66. The van der Waals surface area contributed by atoms with E-state index in [1.165, 1.54) is 0 Å². The first-order valence-electron chi connectivity index (χ1n) is 7.88. The molecule has 2 aromatic rings. The Bertz CT molecular complexity index is 673. The van der Waals surface area contributed by atoms with Crippen LogP contribution in [0.1, 0.15) is 45.5 Å². The normalized spacial score (nSPS) is 15.2. The van der Waals surface area contributed by atoms with Crippen molar-refractivity contribution in [3.05, 3.63) is 59.4 Å². The summed E-state index contributed by atoms with van der Waals surface area (Å²) < 4.78 is 0. The Labute approximate surface area is 134 Å². The Kier molecular flexibility index (Phi) is 4.57. The van der Waals surface area contributed by atoms with Crippen LogP contribution in [0.4, 0.5) is 0 Å². The third kappa shape index (κ3) is 3.68. The van der Waals surface area contributed by atoms with Crippen molar-refractivity contribution in [1.82, 2.24) is 10.3 Å². The van der Waals surface area contributed by atoms with Gasteiger partial charge in [-0.25, -0.2) is 0 Å². The van der Waals surface area contributed by atoms with Crippen LogP contribution in [0.5, 0.6) is 0 Å². The lowest BCUT2D eigenvalue weighted by molar-refractivity contribution is 0.0923. The summed E-state index contributed by atoms with van der Waals surface area (Å²) in [5.41, 5.74) is 1.67. The lowest BCUT2D eigenvalue weighted by atomic mass is 10.0. The van der Waals surface area contributed by atoms with Crippen LogP contribution in [0.2, 0.25) is 0 Å². The van der Waals surface area contributed by atoms with Crippen LogP contribution in [0, 0.1) is 5.92 Å². The number of hydrogen-bond donors (Lipinski definition) is 3. The second-order valence-electron chi connectivity index (χ2n) is 5.94. The smallest absolute Gasteiger partial charge is 0.251 e. The van der Waals surface area contributed by atoms with Crippen molar-refractivity contribution in [2.24, 2.45) is 5.92 Å². The van der Waals surface area contributed by atoms with Crippen LogP contribution >= 0.6 is 0 Å². The number of rotatable bonds is 7. The molecule has 1 atom stereocenters. The predicted molar refractivity (Wildman–Crippen MR) is 86.3 cm³/mol. The van der Waals surface area contributed by atoms with Crippen molar-refractivity contribution in [3.63, 3.8) is 0 Å². The highest BCUT2D eigenvalue weighted by molar-refractivity contribution is 6.09. The van der Waals surface area contributed by atoms with E-state index in [1.54, 1.807) is 42.7 Å². The molecule has 1 amide bonds. The monoisotopic (exact) mass is 312 g/mol. The number of aliphatic hydroxyl groups excluding tert-OH is 1. The first-order valence-corrected chi connectivity index (χ1v) is 7.88. The fraction of sp³-hybridized carbons (Fsp3) is 0.333. The van der Waals surface area contributed by atoms with Gasteiger partial charge in [0.1, 0.15) is 0 Å². The number of nitrogens with one attached hydrogen (secondary N) is 2. The summed E-state index contributed by atoms with van der Waals surface area (Å²) in [7, 11) is 0. The van der Waals surface area contributed by atoms with Crippen molar-refractivity contribution in [3.8, 4) is 0 Å². The van der Waals surface area contributed by atoms with E-state index in [4.69, 9.17) is 5.11 Å². The van der Waals surface area contributed by atoms with E-state index < -0.39 is 0 Å². The molecule has 3 N–H and O–H groups in total. The average Bonchev–Trinajstić information content (AvgIpc) is 3.28. The summed E-state index contributed by atoms with van der Waals surface area (Å²) in [6, 6.07) is 8.42. The molecule has 1 saturated carbocycles. The molecule has 1 aliphatic carbocycles. The maximum Gasteiger partial charge on any atom is 0.251 e. The summed E-state index contributed by atoms with van der Waals surface area (Å²) in [6.07, 6.45) is 6.15. The molecule has 0 bridgehead atoms. The zero-order chi connectivity index (χ0) is 16.2. The number of carbonyl (C=O) groups excluding carboxylic acids is 2.